The van der Waals surface area contributed by atoms with Gasteiger partial charge in [-0.1, -0.05) is 5.92 Å². The highest BCUT2D eigenvalue weighted by molar-refractivity contribution is 5.59. The Hall–Kier alpha value is -2.28. The first kappa shape index (κ1) is 14.6. The third kappa shape index (κ3) is 1.85. The minimum atomic E-state index is -1.85. The van der Waals surface area contributed by atoms with Crippen molar-refractivity contribution in [3.8, 4) is 12.3 Å². The van der Waals surface area contributed by atoms with Crippen LogP contribution in [-0.2, 0) is 4.74 Å². The molecule has 1 saturated heterocycles. The van der Waals surface area contributed by atoms with Crippen molar-refractivity contribution in [2.45, 2.75) is 30.9 Å². The number of terminal acetylenes is 1. The van der Waals surface area contributed by atoms with E-state index in [4.69, 9.17) is 16.9 Å². The van der Waals surface area contributed by atoms with Gasteiger partial charge in [0.25, 0.3) is 0 Å². The number of imidazole rings is 1. The Balaban J connectivity index is 2.11. The largest absolute Gasteiger partial charge is 0.392 e. The van der Waals surface area contributed by atoms with Crippen molar-refractivity contribution in [2.75, 3.05) is 12.3 Å². The molecule has 0 spiro atoms. The van der Waals surface area contributed by atoms with Gasteiger partial charge in [-0.2, -0.15) is 5.10 Å². The number of hydrogen-bond acceptors (Lipinski definition) is 7. The average molecular weight is 307 g/mol. The van der Waals surface area contributed by atoms with E-state index in [1.165, 1.54) is 10.7 Å². The van der Waals surface area contributed by atoms with Gasteiger partial charge in [-0.25, -0.2) is 18.9 Å². The predicted molar refractivity (Wildman–Crippen MR) is 73.3 cm³/mol. The van der Waals surface area contributed by atoms with Gasteiger partial charge in [0, 0.05) is 0 Å². The number of alkyl halides is 1. The predicted octanol–water partition coefficient (Wildman–Crippen LogP) is -0.850. The molecular weight excluding hydrogens is 293 g/mol. The molecule has 1 aliphatic rings. The fourth-order valence-electron chi connectivity index (χ4n) is 2.53. The molecule has 4 atom stereocenters. The molecule has 4 N–H and O–H groups in total. The number of aliphatic hydroxyl groups is 2. The minimum Gasteiger partial charge on any atom is -0.392 e. The quantitative estimate of drug-likeness (QED) is 0.618. The lowest BCUT2D eigenvalue weighted by Gasteiger charge is -2.23. The Morgan fingerprint density at radius 2 is 2.36 bits per heavy atom. The van der Waals surface area contributed by atoms with Crippen LogP contribution in [0.15, 0.2) is 6.20 Å². The summed E-state index contributed by atoms with van der Waals surface area (Å²) in [5.74, 6) is 2.62. The van der Waals surface area contributed by atoms with Crippen LogP contribution >= 0.6 is 0 Å². The van der Waals surface area contributed by atoms with Crippen LogP contribution in [0.4, 0.5) is 10.2 Å². The number of fused-ring (bicyclic) bond motifs is 1. The van der Waals surface area contributed by atoms with Crippen LogP contribution in [0.25, 0.3) is 5.65 Å². The Labute approximate surface area is 124 Å². The highest BCUT2D eigenvalue weighted by atomic mass is 19.1. The van der Waals surface area contributed by atoms with Crippen LogP contribution in [0.3, 0.4) is 0 Å². The van der Waals surface area contributed by atoms with Gasteiger partial charge in [0.05, 0.1) is 18.5 Å². The van der Waals surface area contributed by atoms with E-state index in [1.54, 1.807) is 6.92 Å². The number of ether oxygens (including phenoxy) is 1. The maximum absolute atomic E-state index is 14.4. The molecule has 9 heteroatoms. The van der Waals surface area contributed by atoms with Gasteiger partial charge in [0.1, 0.15) is 18.0 Å². The van der Waals surface area contributed by atoms with Crippen LogP contribution in [0, 0.1) is 19.3 Å². The number of anilines is 1. The van der Waals surface area contributed by atoms with Gasteiger partial charge in [-0.15, -0.1) is 6.42 Å². The summed E-state index contributed by atoms with van der Waals surface area (Å²) in [4.78, 5) is 8.00. The number of aryl methyl sites for hydroxylation is 1. The van der Waals surface area contributed by atoms with Crippen LogP contribution in [0.5, 0.6) is 0 Å². The van der Waals surface area contributed by atoms with Gasteiger partial charge in [0.15, 0.2) is 23.2 Å². The summed E-state index contributed by atoms with van der Waals surface area (Å²) < 4.78 is 21.2. The Bertz CT molecular complexity index is 773. The fourth-order valence-corrected chi connectivity index (χ4v) is 2.53. The summed E-state index contributed by atoms with van der Waals surface area (Å²) in [5, 5.41) is 23.4. The first-order valence-electron chi connectivity index (χ1n) is 6.50. The van der Waals surface area contributed by atoms with Crippen LogP contribution in [-0.4, -0.2) is 54.3 Å². The fraction of sp³-hybridized carbons (Fsp3) is 0.462. The van der Waals surface area contributed by atoms with Gasteiger partial charge in [0.2, 0.25) is 0 Å². The minimum absolute atomic E-state index is 0.137. The number of nitrogens with two attached hydrogens (primary N) is 1. The lowest BCUT2D eigenvalue weighted by atomic mass is 9.96. The first-order chi connectivity index (χ1) is 10.4. The van der Waals surface area contributed by atoms with E-state index in [1.807, 2.05) is 0 Å². The van der Waals surface area contributed by atoms with Gasteiger partial charge >= 0.3 is 0 Å². The number of hydrogen-bond donors (Lipinski definition) is 3. The molecule has 0 bridgehead atoms. The summed E-state index contributed by atoms with van der Waals surface area (Å²) in [6.07, 6.45) is 1.86. The number of nitrogen functional groups attached to an aromatic ring is 1. The maximum Gasteiger partial charge on any atom is 0.196 e. The van der Waals surface area contributed by atoms with E-state index in [9.17, 15) is 14.6 Å². The molecule has 8 nitrogen and oxygen atoms in total. The molecule has 22 heavy (non-hydrogen) atoms. The average Bonchev–Trinajstić information content (AvgIpc) is 3.01. The molecule has 1 fully saturated rings. The third-order valence-electron chi connectivity index (χ3n) is 3.70. The summed E-state index contributed by atoms with van der Waals surface area (Å²) in [7, 11) is 0. The van der Waals surface area contributed by atoms with Crippen molar-refractivity contribution in [2.24, 2.45) is 0 Å². The molecule has 0 aromatic carbocycles. The summed E-state index contributed by atoms with van der Waals surface area (Å²) in [6, 6.07) is 0. The summed E-state index contributed by atoms with van der Waals surface area (Å²) >= 11 is 0. The molecule has 1 aliphatic heterocycles. The molecule has 2 aromatic heterocycles. The van der Waals surface area contributed by atoms with Crippen LogP contribution in [0.1, 0.15) is 17.6 Å². The molecule has 0 aliphatic carbocycles. The molecule has 0 saturated carbocycles. The second-order valence-corrected chi connectivity index (χ2v) is 5.08. The van der Waals surface area contributed by atoms with Crippen molar-refractivity contribution in [1.29, 1.82) is 0 Å². The molecule has 3 rings (SSSR count). The Morgan fingerprint density at radius 1 is 1.64 bits per heavy atom. The van der Waals surface area contributed by atoms with E-state index in [0.29, 0.717) is 5.82 Å². The second-order valence-electron chi connectivity index (χ2n) is 5.08. The van der Waals surface area contributed by atoms with E-state index in [-0.39, 0.29) is 17.2 Å². The number of nitrogens with zero attached hydrogens (tertiary/aromatic N) is 4. The molecule has 2 aromatic rings. The van der Waals surface area contributed by atoms with Gasteiger partial charge in [-0.3, -0.25) is 0 Å². The third-order valence-corrected chi connectivity index (χ3v) is 3.70. The number of rotatable bonds is 2. The monoisotopic (exact) mass is 307 g/mol. The maximum atomic E-state index is 14.4. The summed E-state index contributed by atoms with van der Waals surface area (Å²) in [5.41, 5.74) is 4.41. The molecular formula is C13H14FN5O3. The lowest BCUT2D eigenvalue weighted by molar-refractivity contribution is -0.0732. The van der Waals surface area contributed by atoms with Crippen LogP contribution < -0.4 is 5.73 Å². The van der Waals surface area contributed by atoms with Crippen molar-refractivity contribution < 1.29 is 19.3 Å². The topological polar surface area (TPSA) is 119 Å². The van der Waals surface area contributed by atoms with Gasteiger partial charge < -0.3 is 20.7 Å². The zero-order chi connectivity index (χ0) is 16.1. The zero-order valence-corrected chi connectivity index (χ0v) is 11.6. The second kappa shape index (κ2) is 4.88. The van der Waals surface area contributed by atoms with E-state index < -0.39 is 30.6 Å². The lowest BCUT2D eigenvalue weighted by Crippen LogP contribution is -2.44. The smallest absolute Gasteiger partial charge is 0.196 e. The SMILES string of the molecule is C#C[C@]1(CO)O[C@@H](c2cnc3c(N)nc(C)nn23)[C@H](F)[C@@H]1O. The van der Waals surface area contributed by atoms with Crippen LogP contribution in [0.2, 0.25) is 0 Å². The Morgan fingerprint density at radius 3 is 2.95 bits per heavy atom. The van der Waals surface area contributed by atoms with E-state index >= 15 is 0 Å². The molecule has 0 amide bonds. The van der Waals surface area contributed by atoms with Crippen molar-refractivity contribution in [1.82, 2.24) is 19.6 Å². The molecule has 0 radical (unpaired) electrons. The van der Waals surface area contributed by atoms with Crippen molar-refractivity contribution >= 4 is 11.5 Å². The zero-order valence-electron chi connectivity index (χ0n) is 11.6. The highest BCUT2D eigenvalue weighted by Gasteiger charge is 2.55. The number of aromatic nitrogens is 4. The molecule has 3 heterocycles. The molecule has 0 unspecified atom stereocenters. The summed E-state index contributed by atoms with van der Waals surface area (Å²) in [6.45, 7) is 0.908. The molecule has 116 valence electrons. The Kier molecular flexibility index (Phi) is 3.25. The number of halogens is 1. The van der Waals surface area contributed by atoms with E-state index in [0.717, 1.165) is 0 Å². The van der Waals surface area contributed by atoms with E-state index in [2.05, 4.69) is 21.0 Å². The normalized spacial score (nSPS) is 31.5. The van der Waals surface area contributed by atoms with Gasteiger partial charge in [-0.05, 0) is 6.92 Å². The standard InChI is InChI=1S/C13H14FN5O3/c1-3-13(5-20)10(21)8(14)9(22-13)7-4-16-12-11(15)17-6(2)18-19(7)12/h1,4,8-10,20-21H,5H2,2H3,(H2,15,17,18)/t8-,9-,10-,13+/m0/s1. The number of aliphatic hydroxyl groups excluding tert-OH is 2. The highest BCUT2D eigenvalue weighted by Crippen LogP contribution is 2.41. The first-order valence-corrected chi connectivity index (χ1v) is 6.50. The van der Waals surface area contributed by atoms with Crippen molar-refractivity contribution in [3.05, 3.63) is 17.7 Å². The van der Waals surface area contributed by atoms with Crippen molar-refractivity contribution in [3.63, 3.8) is 0 Å².